The molecule has 0 saturated heterocycles. The van der Waals surface area contributed by atoms with Gasteiger partial charge in [0.1, 0.15) is 6.04 Å². The van der Waals surface area contributed by atoms with Crippen molar-refractivity contribution >= 4 is 17.6 Å². The molecule has 6 heteroatoms. The van der Waals surface area contributed by atoms with Crippen LogP contribution in [0.2, 0.25) is 0 Å². The van der Waals surface area contributed by atoms with Crippen LogP contribution >= 0.6 is 0 Å². The van der Waals surface area contributed by atoms with E-state index in [0.29, 0.717) is 5.95 Å². The predicted molar refractivity (Wildman–Crippen MR) is 72.0 cm³/mol. The number of rotatable bonds is 4. The SMILES string of the molecule is COC(=O)C(Nc1nc2cc(C)ccn2n1)C(C)C. The number of esters is 1. The Morgan fingerprint density at radius 3 is 2.84 bits per heavy atom. The van der Waals surface area contributed by atoms with Gasteiger partial charge in [0.25, 0.3) is 0 Å². The third-order valence-corrected chi connectivity index (χ3v) is 2.90. The Morgan fingerprint density at radius 1 is 1.47 bits per heavy atom. The number of anilines is 1. The maximum absolute atomic E-state index is 11.7. The molecule has 0 bridgehead atoms. The van der Waals surface area contributed by atoms with Crippen LogP contribution in [0.25, 0.3) is 5.65 Å². The smallest absolute Gasteiger partial charge is 0.328 e. The first-order valence-electron chi connectivity index (χ1n) is 6.18. The Balaban J connectivity index is 2.26. The molecule has 2 aromatic heterocycles. The number of nitrogens with zero attached hydrogens (tertiary/aromatic N) is 3. The molecular formula is C13H18N4O2. The van der Waals surface area contributed by atoms with Gasteiger partial charge in [-0.3, -0.25) is 0 Å². The monoisotopic (exact) mass is 262 g/mol. The Bertz CT molecular complexity index is 591. The van der Waals surface area contributed by atoms with E-state index in [0.717, 1.165) is 11.2 Å². The lowest BCUT2D eigenvalue weighted by molar-refractivity contribution is -0.142. The first-order valence-corrected chi connectivity index (χ1v) is 6.18. The van der Waals surface area contributed by atoms with Crippen molar-refractivity contribution < 1.29 is 9.53 Å². The molecule has 19 heavy (non-hydrogen) atoms. The molecule has 0 aliphatic rings. The zero-order valence-corrected chi connectivity index (χ0v) is 11.5. The molecule has 0 saturated carbocycles. The first kappa shape index (κ1) is 13.3. The minimum absolute atomic E-state index is 0.0841. The lowest BCUT2D eigenvalue weighted by atomic mass is 10.1. The van der Waals surface area contributed by atoms with Crippen molar-refractivity contribution in [1.29, 1.82) is 0 Å². The van der Waals surface area contributed by atoms with Gasteiger partial charge in [0.15, 0.2) is 5.65 Å². The van der Waals surface area contributed by atoms with Crippen LogP contribution in [-0.4, -0.2) is 33.7 Å². The molecule has 0 spiro atoms. The molecule has 102 valence electrons. The molecule has 1 unspecified atom stereocenters. The third kappa shape index (κ3) is 2.83. The average Bonchev–Trinajstić information content (AvgIpc) is 2.76. The van der Waals surface area contributed by atoms with Gasteiger partial charge in [0.2, 0.25) is 5.95 Å². The molecule has 0 aromatic carbocycles. The Morgan fingerprint density at radius 2 is 2.21 bits per heavy atom. The van der Waals surface area contributed by atoms with Gasteiger partial charge < -0.3 is 10.1 Å². The molecule has 2 aromatic rings. The topological polar surface area (TPSA) is 68.5 Å². The van der Waals surface area contributed by atoms with Gasteiger partial charge in [-0.25, -0.2) is 9.31 Å². The Hall–Kier alpha value is -2.11. The summed E-state index contributed by atoms with van der Waals surface area (Å²) in [6.07, 6.45) is 1.84. The normalized spacial score (nSPS) is 12.7. The van der Waals surface area contributed by atoms with E-state index in [1.165, 1.54) is 7.11 Å². The van der Waals surface area contributed by atoms with Crippen molar-refractivity contribution in [1.82, 2.24) is 14.6 Å². The highest BCUT2D eigenvalue weighted by Gasteiger charge is 2.24. The molecule has 0 aliphatic carbocycles. The maximum Gasteiger partial charge on any atom is 0.328 e. The van der Waals surface area contributed by atoms with Crippen molar-refractivity contribution in [2.75, 3.05) is 12.4 Å². The molecule has 0 fully saturated rings. The van der Waals surface area contributed by atoms with Crippen LogP contribution in [-0.2, 0) is 9.53 Å². The average molecular weight is 262 g/mol. The number of ether oxygens (including phenoxy) is 1. The van der Waals surface area contributed by atoms with Crippen LogP contribution in [0.15, 0.2) is 18.3 Å². The number of aromatic nitrogens is 3. The van der Waals surface area contributed by atoms with Crippen LogP contribution < -0.4 is 5.32 Å². The van der Waals surface area contributed by atoms with E-state index in [1.54, 1.807) is 4.52 Å². The van der Waals surface area contributed by atoms with Crippen molar-refractivity contribution in [3.8, 4) is 0 Å². The van der Waals surface area contributed by atoms with Crippen molar-refractivity contribution in [3.63, 3.8) is 0 Å². The lowest BCUT2D eigenvalue weighted by Crippen LogP contribution is -2.35. The van der Waals surface area contributed by atoms with Crippen LogP contribution in [0.4, 0.5) is 5.95 Å². The van der Waals surface area contributed by atoms with Gasteiger partial charge in [-0.1, -0.05) is 13.8 Å². The number of hydrogen-bond acceptors (Lipinski definition) is 5. The molecule has 6 nitrogen and oxygen atoms in total. The second kappa shape index (κ2) is 5.26. The van der Waals surface area contributed by atoms with E-state index < -0.39 is 6.04 Å². The van der Waals surface area contributed by atoms with Gasteiger partial charge in [-0.15, -0.1) is 5.10 Å². The number of nitrogens with one attached hydrogen (secondary N) is 1. The molecule has 0 amide bonds. The van der Waals surface area contributed by atoms with Gasteiger partial charge in [0, 0.05) is 6.20 Å². The molecule has 2 rings (SSSR count). The zero-order valence-electron chi connectivity index (χ0n) is 11.5. The minimum atomic E-state index is -0.455. The van der Waals surface area contributed by atoms with Crippen LogP contribution in [0.5, 0.6) is 0 Å². The number of hydrogen-bond donors (Lipinski definition) is 1. The fourth-order valence-corrected chi connectivity index (χ4v) is 1.81. The van der Waals surface area contributed by atoms with Gasteiger partial charge in [0.05, 0.1) is 7.11 Å². The number of carbonyl (C=O) groups excluding carboxylic acids is 1. The first-order chi connectivity index (χ1) is 9.01. The van der Waals surface area contributed by atoms with Crippen LogP contribution in [0.1, 0.15) is 19.4 Å². The summed E-state index contributed by atoms with van der Waals surface area (Å²) in [6.45, 7) is 5.87. The zero-order chi connectivity index (χ0) is 14.0. The largest absolute Gasteiger partial charge is 0.467 e. The van der Waals surface area contributed by atoms with Crippen molar-refractivity contribution in [2.45, 2.75) is 26.8 Å². The van der Waals surface area contributed by atoms with Gasteiger partial charge in [-0.2, -0.15) is 4.98 Å². The van der Waals surface area contributed by atoms with E-state index in [2.05, 4.69) is 15.4 Å². The van der Waals surface area contributed by atoms with Crippen LogP contribution in [0, 0.1) is 12.8 Å². The second-order valence-corrected chi connectivity index (χ2v) is 4.83. The van der Waals surface area contributed by atoms with E-state index in [1.807, 2.05) is 39.1 Å². The maximum atomic E-state index is 11.7. The summed E-state index contributed by atoms with van der Waals surface area (Å²) in [6, 6.07) is 3.43. The highest BCUT2D eigenvalue weighted by Crippen LogP contribution is 2.12. The van der Waals surface area contributed by atoms with E-state index in [-0.39, 0.29) is 11.9 Å². The standard InChI is InChI=1S/C13H18N4O2/c1-8(2)11(12(18)19-4)15-13-14-10-7-9(3)5-6-17(10)16-13/h5-8,11H,1-4H3,(H,15,16). The lowest BCUT2D eigenvalue weighted by Gasteiger charge is -2.18. The van der Waals surface area contributed by atoms with Crippen LogP contribution in [0.3, 0.4) is 0 Å². The molecule has 1 N–H and O–H groups in total. The minimum Gasteiger partial charge on any atom is -0.467 e. The summed E-state index contributed by atoms with van der Waals surface area (Å²) in [5, 5.41) is 7.30. The Kier molecular flexibility index (Phi) is 3.69. The summed E-state index contributed by atoms with van der Waals surface area (Å²) < 4.78 is 6.45. The highest BCUT2D eigenvalue weighted by molar-refractivity contribution is 5.78. The summed E-state index contributed by atoms with van der Waals surface area (Å²) in [4.78, 5) is 16.0. The molecular weight excluding hydrogens is 244 g/mol. The quantitative estimate of drug-likeness (QED) is 0.848. The molecule has 0 aliphatic heterocycles. The van der Waals surface area contributed by atoms with E-state index in [4.69, 9.17) is 4.74 Å². The third-order valence-electron chi connectivity index (χ3n) is 2.90. The summed E-state index contributed by atoms with van der Waals surface area (Å²) in [7, 11) is 1.37. The number of methoxy groups -OCH3 is 1. The predicted octanol–water partition coefficient (Wildman–Crippen LogP) is 1.65. The molecule has 2 heterocycles. The Labute approximate surface area is 111 Å². The summed E-state index contributed by atoms with van der Waals surface area (Å²) in [5.74, 6) is 0.195. The van der Waals surface area contributed by atoms with Gasteiger partial charge in [-0.05, 0) is 30.5 Å². The number of pyridine rings is 1. The number of aryl methyl sites for hydroxylation is 1. The van der Waals surface area contributed by atoms with Crippen molar-refractivity contribution in [2.24, 2.45) is 5.92 Å². The fraction of sp³-hybridized carbons (Fsp3) is 0.462. The number of fused-ring (bicyclic) bond motifs is 1. The molecule has 1 atom stereocenters. The summed E-state index contributed by atoms with van der Waals surface area (Å²) >= 11 is 0. The van der Waals surface area contributed by atoms with E-state index >= 15 is 0 Å². The highest BCUT2D eigenvalue weighted by atomic mass is 16.5. The van der Waals surface area contributed by atoms with Crippen molar-refractivity contribution in [3.05, 3.63) is 23.9 Å². The second-order valence-electron chi connectivity index (χ2n) is 4.83. The fourth-order valence-electron chi connectivity index (χ4n) is 1.81. The molecule has 0 radical (unpaired) electrons. The van der Waals surface area contributed by atoms with E-state index in [9.17, 15) is 4.79 Å². The number of carbonyl (C=O) groups is 1. The summed E-state index contributed by atoms with van der Waals surface area (Å²) in [5.41, 5.74) is 1.86. The van der Waals surface area contributed by atoms with Gasteiger partial charge >= 0.3 is 5.97 Å².